The first-order chi connectivity index (χ1) is 4.95. The number of carbonyl (C=O) groups is 2. The van der Waals surface area contributed by atoms with Crippen LogP contribution in [0.15, 0.2) is 11.8 Å². The molecule has 0 aromatic rings. The quantitative estimate of drug-likeness (QED) is 0.469. The number of rotatable bonds is 3. The van der Waals surface area contributed by atoms with E-state index in [4.69, 9.17) is 10.2 Å². The van der Waals surface area contributed by atoms with Crippen LogP contribution in [0.4, 0.5) is 0 Å². The molecule has 0 aromatic heterocycles. The number of aliphatic hydroxyl groups excluding tert-OH is 1. The van der Waals surface area contributed by atoms with Crippen molar-refractivity contribution in [1.29, 1.82) is 0 Å². The van der Waals surface area contributed by atoms with Gasteiger partial charge >= 0.3 is 5.97 Å². The van der Waals surface area contributed by atoms with Crippen LogP contribution in [0.25, 0.3) is 0 Å². The van der Waals surface area contributed by atoms with E-state index in [-0.39, 0.29) is 5.92 Å². The van der Waals surface area contributed by atoms with Crippen LogP contribution >= 0.6 is 0 Å². The molecule has 11 heavy (non-hydrogen) atoms. The number of aliphatic hydroxyl groups is 1. The summed E-state index contributed by atoms with van der Waals surface area (Å²) < 4.78 is 0. The van der Waals surface area contributed by atoms with Gasteiger partial charge in [-0.05, 0) is 0 Å². The Bertz CT molecular complexity index is 202. The first-order valence-corrected chi connectivity index (χ1v) is 3.13. The molecular weight excluding hydrogens is 148 g/mol. The number of ketones is 1. The van der Waals surface area contributed by atoms with Crippen LogP contribution in [0.5, 0.6) is 0 Å². The summed E-state index contributed by atoms with van der Waals surface area (Å²) in [5.41, 5.74) is 0. The minimum atomic E-state index is -1.49. The summed E-state index contributed by atoms with van der Waals surface area (Å²) in [7, 11) is 0. The average molecular weight is 158 g/mol. The number of allylic oxidation sites excluding steroid dienone is 1. The summed E-state index contributed by atoms with van der Waals surface area (Å²) in [6.07, 6.45) is 0.715. The van der Waals surface area contributed by atoms with E-state index < -0.39 is 17.5 Å². The summed E-state index contributed by atoms with van der Waals surface area (Å²) in [5, 5.41) is 16.7. The van der Waals surface area contributed by atoms with E-state index in [1.165, 1.54) is 0 Å². The molecule has 4 nitrogen and oxygen atoms in total. The molecule has 0 rings (SSSR count). The highest BCUT2D eigenvalue weighted by Gasteiger charge is 2.09. The molecule has 0 heterocycles. The molecule has 0 aliphatic carbocycles. The zero-order valence-electron chi connectivity index (χ0n) is 6.37. The first kappa shape index (κ1) is 9.68. The maximum Gasteiger partial charge on any atom is 0.371 e. The number of hydrogen-bond donors (Lipinski definition) is 2. The summed E-state index contributed by atoms with van der Waals surface area (Å²) in [6.45, 7) is 3.24. The van der Waals surface area contributed by atoms with E-state index in [9.17, 15) is 9.59 Å². The number of carboxylic acids is 1. The zero-order chi connectivity index (χ0) is 9.02. The summed E-state index contributed by atoms with van der Waals surface area (Å²) in [6, 6.07) is 0. The standard InChI is InChI=1S/C7H10O4/c1-4(2)5(8)3-6(9)7(10)11/h3-4,9H,1-2H3,(H,10,11)/b6-3-. The average Bonchev–Trinajstić information content (AvgIpc) is 1.87. The third kappa shape index (κ3) is 3.40. The van der Waals surface area contributed by atoms with Gasteiger partial charge in [0.1, 0.15) is 0 Å². The van der Waals surface area contributed by atoms with Crippen molar-refractivity contribution in [3.63, 3.8) is 0 Å². The summed E-state index contributed by atoms with van der Waals surface area (Å²) in [4.78, 5) is 20.7. The van der Waals surface area contributed by atoms with Crippen molar-refractivity contribution in [3.05, 3.63) is 11.8 Å². The molecule has 0 saturated heterocycles. The predicted molar refractivity (Wildman–Crippen MR) is 38.2 cm³/mol. The van der Waals surface area contributed by atoms with Gasteiger partial charge in [0.15, 0.2) is 5.78 Å². The van der Waals surface area contributed by atoms with Gasteiger partial charge in [-0.3, -0.25) is 4.79 Å². The molecule has 0 aromatic carbocycles. The third-order valence-electron chi connectivity index (χ3n) is 1.07. The van der Waals surface area contributed by atoms with Crippen LogP contribution in [-0.2, 0) is 9.59 Å². The Balaban J connectivity index is 4.32. The molecule has 4 heteroatoms. The first-order valence-electron chi connectivity index (χ1n) is 3.13. The van der Waals surface area contributed by atoms with E-state index in [0.717, 1.165) is 0 Å². The van der Waals surface area contributed by atoms with Crippen LogP contribution in [0.2, 0.25) is 0 Å². The fourth-order valence-electron chi connectivity index (χ4n) is 0.363. The molecule has 0 bridgehead atoms. The van der Waals surface area contributed by atoms with E-state index in [1.54, 1.807) is 13.8 Å². The van der Waals surface area contributed by atoms with Crippen LogP contribution in [0.1, 0.15) is 13.8 Å². The number of carboxylic acid groups (broad SMARTS) is 1. The molecule has 0 aliphatic heterocycles. The van der Waals surface area contributed by atoms with Gasteiger partial charge < -0.3 is 10.2 Å². The minimum absolute atomic E-state index is 0.295. The van der Waals surface area contributed by atoms with Gasteiger partial charge in [0.2, 0.25) is 5.76 Å². The molecular formula is C7H10O4. The lowest BCUT2D eigenvalue weighted by Crippen LogP contribution is -2.07. The highest BCUT2D eigenvalue weighted by molar-refractivity contribution is 5.98. The monoisotopic (exact) mass is 158 g/mol. The van der Waals surface area contributed by atoms with Crippen molar-refractivity contribution in [1.82, 2.24) is 0 Å². The van der Waals surface area contributed by atoms with Crippen molar-refractivity contribution in [2.24, 2.45) is 5.92 Å². The van der Waals surface area contributed by atoms with Crippen LogP contribution in [0.3, 0.4) is 0 Å². The molecule has 0 radical (unpaired) electrons. The number of aliphatic carboxylic acids is 1. The molecule has 0 spiro atoms. The Morgan fingerprint density at radius 2 is 1.73 bits per heavy atom. The second-order valence-electron chi connectivity index (χ2n) is 2.39. The molecule has 0 aliphatic rings. The maximum absolute atomic E-state index is 10.8. The Morgan fingerprint density at radius 3 is 2.00 bits per heavy atom. The Kier molecular flexibility index (Phi) is 3.30. The topological polar surface area (TPSA) is 74.6 Å². The molecule has 62 valence electrons. The van der Waals surface area contributed by atoms with Crippen molar-refractivity contribution in [2.75, 3.05) is 0 Å². The van der Waals surface area contributed by atoms with Crippen molar-refractivity contribution in [2.45, 2.75) is 13.8 Å². The van der Waals surface area contributed by atoms with E-state index in [2.05, 4.69) is 0 Å². The molecule has 0 saturated carbocycles. The van der Waals surface area contributed by atoms with Gasteiger partial charge in [0.25, 0.3) is 0 Å². The highest BCUT2D eigenvalue weighted by atomic mass is 16.4. The van der Waals surface area contributed by atoms with Crippen molar-refractivity contribution in [3.8, 4) is 0 Å². The highest BCUT2D eigenvalue weighted by Crippen LogP contribution is 1.98. The normalized spacial score (nSPS) is 11.7. The minimum Gasteiger partial charge on any atom is -0.502 e. The molecule has 0 atom stereocenters. The van der Waals surface area contributed by atoms with Crippen molar-refractivity contribution >= 4 is 11.8 Å². The van der Waals surface area contributed by atoms with Crippen LogP contribution < -0.4 is 0 Å². The van der Waals surface area contributed by atoms with Gasteiger partial charge in [-0.15, -0.1) is 0 Å². The summed E-state index contributed by atoms with van der Waals surface area (Å²) in [5.74, 6) is -3.09. The molecule has 0 unspecified atom stereocenters. The maximum atomic E-state index is 10.8. The van der Waals surface area contributed by atoms with E-state index >= 15 is 0 Å². The Morgan fingerprint density at radius 1 is 1.27 bits per heavy atom. The van der Waals surface area contributed by atoms with Gasteiger partial charge in [-0.2, -0.15) is 0 Å². The fraction of sp³-hybridized carbons (Fsp3) is 0.429. The second-order valence-corrected chi connectivity index (χ2v) is 2.39. The largest absolute Gasteiger partial charge is 0.502 e. The van der Waals surface area contributed by atoms with Gasteiger partial charge in [0.05, 0.1) is 0 Å². The van der Waals surface area contributed by atoms with Gasteiger partial charge in [-0.25, -0.2) is 4.79 Å². The molecule has 0 fully saturated rings. The third-order valence-corrected chi connectivity index (χ3v) is 1.07. The van der Waals surface area contributed by atoms with E-state index in [0.29, 0.717) is 6.08 Å². The number of hydrogen-bond acceptors (Lipinski definition) is 3. The Labute approximate surface area is 64.2 Å². The van der Waals surface area contributed by atoms with Crippen LogP contribution in [0, 0.1) is 5.92 Å². The number of carbonyl (C=O) groups excluding carboxylic acids is 1. The molecule has 2 N–H and O–H groups in total. The lowest BCUT2D eigenvalue weighted by Gasteiger charge is -1.96. The smallest absolute Gasteiger partial charge is 0.371 e. The summed E-state index contributed by atoms with van der Waals surface area (Å²) >= 11 is 0. The second kappa shape index (κ2) is 3.75. The fourth-order valence-corrected chi connectivity index (χ4v) is 0.363. The molecule has 0 amide bonds. The Hall–Kier alpha value is -1.32. The lowest BCUT2D eigenvalue weighted by atomic mass is 10.1. The zero-order valence-corrected chi connectivity index (χ0v) is 6.37. The van der Waals surface area contributed by atoms with E-state index in [1.807, 2.05) is 0 Å². The van der Waals surface area contributed by atoms with Crippen molar-refractivity contribution < 1.29 is 19.8 Å². The SMILES string of the molecule is CC(C)C(=O)/C=C(\O)C(=O)O. The van der Waals surface area contributed by atoms with Gasteiger partial charge in [-0.1, -0.05) is 13.8 Å². The lowest BCUT2D eigenvalue weighted by molar-refractivity contribution is -0.136. The van der Waals surface area contributed by atoms with Gasteiger partial charge in [0, 0.05) is 12.0 Å². The predicted octanol–water partition coefficient (Wildman–Crippen LogP) is 0.738. The van der Waals surface area contributed by atoms with Crippen LogP contribution in [-0.4, -0.2) is 22.0 Å².